The summed E-state index contributed by atoms with van der Waals surface area (Å²) in [7, 11) is 0. The van der Waals surface area contributed by atoms with Gasteiger partial charge >= 0.3 is 0 Å². The lowest BCUT2D eigenvalue weighted by atomic mass is 10.1. The fourth-order valence-corrected chi connectivity index (χ4v) is 3.12. The molecule has 0 aliphatic heterocycles. The van der Waals surface area contributed by atoms with Crippen molar-refractivity contribution in [2.75, 3.05) is 11.9 Å². The van der Waals surface area contributed by atoms with Crippen LogP contribution in [0.3, 0.4) is 0 Å². The first-order chi connectivity index (χ1) is 11.6. The van der Waals surface area contributed by atoms with Gasteiger partial charge in [-0.05, 0) is 31.5 Å². The number of aryl methyl sites for hydroxylation is 1. The SMILES string of the molecule is CCOc1ccc(CC(=O)Nc2c(C)nc3sccn3c2=O)cc1. The van der Waals surface area contributed by atoms with Gasteiger partial charge in [0.15, 0.2) is 4.96 Å². The average Bonchev–Trinajstić information content (AvgIpc) is 3.02. The second-order valence-corrected chi connectivity index (χ2v) is 6.11. The number of anilines is 1. The Kier molecular flexibility index (Phi) is 4.61. The molecule has 0 saturated heterocycles. The highest BCUT2D eigenvalue weighted by Crippen LogP contribution is 2.15. The van der Waals surface area contributed by atoms with E-state index in [1.165, 1.54) is 15.7 Å². The quantitative estimate of drug-likeness (QED) is 0.773. The minimum Gasteiger partial charge on any atom is -0.494 e. The molecule has 0 bridgehead atoms. The number of carbonyl (C=O) groups is 1. The van der Waals surface area contributed by atoms with Crippen molar-refractivity contribution >= 4 is 27.9 Å². The van der Waals surface area contributed by atoms with Crippen molar-refractivity contribution in [3.05, 3.63) is 57.5 Å². The van der Waals surface area contributed by atoms with Gasteiger partial charge in [0.2, 0.25) is 5.91 Å². The number of hydrogen-bond donors (Lipinski definition) is 1. The fourth-order valence-electron chi connectivity index (χ4n) is 2.37. The summed E-state index contributed by atoms with van der Waals surface area (Å²) >= 11 is 1.38. The molecule has 1 aromatic carbocycles. The maximum Gasteiger partial charge on any atom is 0.282 e. The average molecular weight is 343 g/mol. The number of amides is 1. The van der Waals surface area contributed by atoms with E-state index in [2.05, 4.69) is 10.3 Å². The Bertz CT molecular complexity index is 928. The number of hydrogen-bond acceptors (Lipinski definition) is 5. The minimum absolute atomic E-state index is 0.178. The molecule has 0 fully saturated rings. The summed E-state index contributed by atoms with van der Waals surface area (Å²) in [6.07, 6.45) is 1.83. The second-order valence-electron chi connectivity index (χ2n) is 5.23. The number of nitrogens with zero attached hydrogens (tertiary/aromatic N) is 2. The summed E-state index contributed by atoms with van der Waals surface area (Å²) < 4.78 is 6.81. The molecule has 3 rings (SSSR count). The molecule has 0 spiro atoms. The van der Waals surface area contributed by atoms with Crippen molar-refractivity contribution in [2.45, 2.75) is 20.3 Å². The van der Waals surface area contributed by atoms with Crippen LogP contribution in [0.1, 0.15) is 18.2 Å². The van der Waals surface area contributed by atoms with Gasteiger partial charge in [-0.3, -0.25) is 14.0 Å². The highest BCUT2D eigenvalue weighted by Gasteiger charge is 2.13. The van der Waals surface area contributed by atoms with E-state index in [1.54, 1.807) is 18.5 Å². The number of carbonyl (C=O) groups excluding carboxylic acids is 1. The summed E-state index contributed by atoms with van der Waals surface area (Å²) in [5, 5.41) is 4.47. The van der Waals surface area contributed by atoms with Crippen LogP contribution in [0.2, 0.25) is 0 Å². The van der Waals surface area contributed by atoms with E-state index < -0.39 is 0 Å². The molecule has 0 aliphatic rings. The smallest absolute Gasteiger partial charge is 0.282 e. The van der Waals surface area contributed by atoms with Crippen LogP contribution in [0.25, 0.3) is 4.96 Å². The number of fused-ring (bicyclic) bond motifs is 1. The normalized spacial score (nSPS) is 10.8. The summed E-state index contributed by atoms with van der Waals surface area (Å²) in [4.78, 5) is 29.6. The predicted molar refractivity (Wildman–Crippen MR) is 94.0 cm³/mol. The Hall–Kier alpha value is -2.67. The van der Waals surface area contributed by atoms with Crippen molar-refractivity contribution in [2.24, 2.45) is 0 Å². The minimum atomic E-state index is -0.265. The molecule has 0 unspecified atom stereocenters. The van der Waals surface area contributed by atoms with E-state index >= 15 is 0 Å². The number of ether oxygens (including phenoxy) is 1. The molecule has 2 aromatic heterocycles. The highest BCUT2D eigenvalue weighted by molar-refractivity contribution is 7.15. The van der Waals surface area contributed by atoms with Gasteiger partial charge in [-0.25, -0.2) is 4.98 Å². The zero-order chi connectivity index (χ0) is 17.1. The molecule has 2 heterocycles. The van der Waals surface area contributed by atoms with Crippen LogP contribution < -0.4 is 15.6 Å². The lowest BCUT2D eigenvalue weighted by molar-refractivity contribution is -0.115. The van der Waals surface area contributed by atoms with Gasteiger partial charge in [-0.15, -0.1) is 11.3 Å². The molecule has 1 amide bonds. The van der Waals surface area contributed by atoms with E-state index in [0.717, 1.165) is 11.3 Å². The number of benzene rings is 1. The maximum atomic E-state index is 12.4. The van der Waals surface area contributed by atoms with E-state index in [1.807, 2.05) is 31.2 Å². The van der Waals surface area contributed by atoms with Crippen molar-refractivity contribution < 1.29 is 9.53 Å². The standard InChI is InChI=1S/C17H17N3O3S/c1-3-23-13-6-4-12(5-7-13)10-14(21)19-15-11(2)18-17-20(16(15)22)8-9-24-17/h4-9H,3,10H2,1-2H3,(H,19,21). The third kappa shape index (κ3) is 3.30. The molecule has 0 saturated carbocycles. The molecule has 1 N–H and O–H groups in total. The first kappa shape index (κ1) is 16.2. The van der Waals surface area contributed by atoms with Crippen molar-refractivity contribution in [1.29, 1.82) is 0 Å². The third-order valence-corrected chi connectivity index (χ3v) is 4.27. The third-order valence-electron chi connectivity index (χ3n) is 3.51. The first-order valence-corrected chi connectivity index (χ1v) is 8.44. The number of thiazole rings is 1. The van der Waals surface area contributed by atoms with E-state index in [9.17, 15) is 9.59 Å². The number of nitrogens with one attached hydrogen (secondary N) is 1. The predicted octanol–water partition coefficient (Wildman–Crippen LogP) is 2.64. The van der Waals surface area contributed by atoms with E-state index in [-0.39, 0.29) is 23.6 Å². The van der Waals surface area contributed by atoms with Crippen LogP contribution in [0.4, 0.5) is 5.69 Å². The first-order valence-electron chi connectivity index (χ1n) is 7.56. The van der Waals surface area contributed by atoms with E-state index in [0.29, 0.717) is 17.3 Å². The monoisotopic (exact) mass is 343 g/mol. The van der Waals surface area contributed by atoms with Gasteiger partial charge < -0.3 is 10.1 Å². The Morgan fingerprint density at radius 1 is 1.33 bits per heavy atom. The number of aromatic nitrogens is 2. The maximum absolute atomic E-state index is 12.4. The second kappa shape index (κ2) is 6.84. The van der Waals surface area contributed by atoms with E-state index in [4.69, 9.17) is 4.74 Å². The van der Waals surface area contributed by atoms with Crippen LogP contribution in [-0.4, -0.2) is 21.9 Å². The van der Waals surface area contributed by atoms with Gasteiger partial charge in [0.1, 0.15) is 11.4 Å². The van der Waals surface area contributed by atoms with Crippen LogP contribution in [-0.2, 0) is 11.2 Å². The Morgan fingerprint density at radius 3 is 2.79 bits per heavy atom. The van der Waals surface area contributed by atoms with Gasteiger partial charge in [0.25, 0.3) is 5.56 Å². The Morgan fingerprint density at radius 2 is 2.08 bits per heavy atom. The molecular weight excluding hydrogens is 326 g/mol. The molecule has 124 valence electrons. The van der Waals surface area contributed by atoms with Crippen LogP contribution in [0, 0.1) is 6.92 Å². The zero-order valence-electron chi connectivity index (χ0n) is 13.4. The molecular formula is C17H17N3O3S. The van der Waals surface area contributed by atoms with Gasteiger partial charge in [-0.2, -0.15) is 0 Å². The lowest BCUT2D eigenvalue weighted by Gasteiger charge is -2.08. The molecule has 7 heteroatoms. The van der Waals surface area contributed by atoms with Gasteiger partial charge in [-0.1, -0.05) is 12.1 Å². The van der Waals surface area contributed by atoms with Crippen molar-refractivity contribution in [3.8, 4) is 5.75 Å². The highest BCUT2D eigenvalue weighted by atomic mass is 32.1. The molecule has 3 aromatic rings. The van der Waals surface area contributed by atoms with Crippen LogP contribution >= 0.6 is 11.3 Å². The van der Waals surface area contributed by atoms with Gasteiger partial charge in [0, 0.05) is 11.6 Å². The molecule has 6 nitrogen and oxygen atoms in total. The summed E-state index contributed by atoms with van der Waals surface area (Å²) in [6.45, 7) is 4.23. The topological polar surface area (TPSA) is 72.7 Å². The molecule has 0 radical (unpaired) electrons. The van der Waals surface area contributed by atoms with Crippen LogP contribution in [0.5, 0.6) is 5.75 Å². The lowest BCUT2D eigenvalue weighted by Crippen LogP contribution is -2.25. The molecule has 0 atom stereocenters. The molecule has 0 aliphatic carbocycles. The molecule has 24 heavy (non-hydrogen) atoms. The zero-order valence-corrected chi connectivity index (χ0v) is 14.2. The Balaban J connectivity index is 1.76. The number of rotatable bonds is 5. The summed E-state index contributed by atoms with van der Waals surface area (Å²) in [6, 6.07) is 7.33. The summed E-state index contributed by atoms with van der Waals surface area (Å²) in [5.74, 6) is 0.513. The summed E-state index contributed by atoms with van der Waals surface area (Å²) in [5.41, 5.74) is 1.32. The largest absolute Gasteiger partial charge is 0.494 e. The fraction of sp³-hybridized carbons (Fsp3) is 0.235. The van der Waals surface area contributed by atoms with Crippen molar-refractivity contribution in [3.63, 3.8) is 0 Å². The van der Waals surface area contributed by atoms with Crippen molar-refractivity contribution in [1.82, 2.24) is 9.38 Å². The van der Waals surface area contributed by atoms with Gasteiger partial charge in [0.05, 0.1) is 18.7 Å². The van der Waals surface area contributed by atoms with Crippen LogP contribution in [0.15, 0.2) is 40.6 Å². The Labute approximate surface area is 142 Å².